The summed E-state index contributed by atoms with van der Waals surface area (Å²) in [6.07, 6.45) is 13.5. The largest absolute Gasteiger partial charge is 0.418 e. The summed E-state index contributed by atoms with van der Waals surface area (Å²) in [5.74, 6) is -0.400. The molecule has 0 fully saturated rings. The molecule has 10 heteroatoms. The Kier molecular flexibility index (Phi) is 13.1. The lowest BCUT2D eigenvalue weighted by atomic mass is 9.89. The number of nitrogens with zero attached hydrogens (tertiary/aromatic N) is 2. The molecule has 0 aromatic heterocycles. The Morgan fingerprint density at radius 3 is 1.53 bits per heavy atom. The van der Waals surface area contributed by atoms with Crippen molar-refractivity contribution in [3.8, 4) is 0 Å². The van der Waals surface area contributed by atoms with Crippen molar-refractivity contribution in [1.82, 2.24) is 0 Å². The van der Waals surface area contributed by atoms with Crippen LogP contribution in [0.1, 0.15) is 122 Å². The fraction of sp³-hybridized carbons (Fsp3) is 0.511. The van der Waals surface area contributed by atoms with Crippen LogP contribution in [0, 0.1) is 24.7 Å². The van der Waals surface area contributed by atoms with Gasteiger partial charge in [-0.2, -0.15) is 13.2 Å². The van der Waals surface area contributed by atoms with E-state index in [0.29, 0.717) is 18.7 Å². The fourth-order valence-electron chi connectivity index (χ4n) is 7.68. The van der Waals surface area contributed by atoms with Crippen LogP contribution < -0.4 is 20.4 Å². The number of hydrogen-bond donors (Lipinski definition) is 2. The maximum atomic E-state index is 13.8. The molecule has 4 aliphatic rings. The second kappa shape index (κ2) is 17.0. The third-order valence-corrected chi connectivity index (χ3v) is 10.5. The molecule has 2 heterocycles. The smallest absolute Gasteiger partial charge is 0.347 e. The van der Waals surface area contributed by atoms with Gasteiger partial charge in [0.1, 0.15) is 0 Å². The van der Waals surface area contributed by atoms with Crippen molar-refractivity contribution in [1.29, 1.82) is 0 Å². The highest BCUT2D eigenvalue weighted by Gasteiger charge is 2.37. The number of anilines is 4. The molecule has 0 spiro atoms. The standard InChI is InChI=1S/C23H32N2O.C22H26ClF3N2O/c1-16-12-20(25-11-10-18-8-6-7-9-19(18)15-25)13-17(2)22(16)24-21(26)14-23(3,4)5;1-21(2,3)12-19(29)27-20-17(22(24,25)26)10-16(11-18(20)23)28-9-8-14-6-4-5-7-15(14)13-28/h8,12-13,15H,6-7,9-11,14H2,1-5H3,(H,24,26);6,10-11,13H,4-5,7-9,12H2,1-3H3,(H,27,29). The fourth-order valence-corrected chi connectivity index (χ4v) is 7.94. The number of alkyl halides is 3. The Labute approximate surface area is 330 Å². The van der Waals surface area contributed by atoms with Gasteiger partial charge in [-0.25, -0.2) is 0 Å². The quantitative estimate of drug-likeness (QED) is 0.306. The first kappa shape index (κ1) is 42.2. The van der Waals surface area contributed by atoms with Gasteiger partial charge in [-0.1, -0.05) is 65.3 Å². The van der Waals surface area contributed by atoms with E-state index in [4.69, 9.17) is 11.6 Å². The predicted octanol–water partition coefficient (Wildman–Crippen LogP) is 12.8. The monoisotopic (exact) mass is 778 g/mol. The van der Waals surface area contributed by atoms with E-state index < -0.39 is 17.6 Å². The SMILES string of the molecule is CC(C)(C)CC(=O)Nc1c(Cl)cc(N2C=C3CCCC=C3CC2)cc1C(F)(F)F.Cc1cc(N2C=C3CCCC=C3CC2)cc(C)c1NC(=O)CC(C)(C)C. The minimum absolute atomic E-state index is 0.00294. The van der Waals surface area contributed by atoms with E-state index in [9.17, 15) is 22.8 Å². The van der Waals surface area contributed by atoms with E-state index in [-0.39, 0.29) is 33.9 Å². The minimum Gasteiger partial charge on any atom is -0.347 e. The van der Waals surface area contributed by atoms with Crippen LogP contribution in [0.15, 0.2) is 71.1 Å². The number of rotatable bonds is 6. The number of halogens is 4. The van der Waals surface area contributed by atoms with Gasteiger partial charge < -0.3 is 20.4 Å². The molecule has 6 rings (SSSR count). The number of aryl methyl sites for hydroxylation is 2. The van der Waals surface area contributed by atoms with Crippen LogP contribution >= 0.6 is 11.6 Å². The normalized spacial score (nSPS) is 17.4. The van der Waals surface area contributed by atoms with Crippen LogP contribution in [0.2, 0.25) is 5.02 Å². The van der Waals surface area contributed by atoms with Gasteiger partial charge in [0, 0.05) is 55.4 Å². The van der Waals surface area contributed by atoms with Crippen molar-refractivity contribution < 1.29 is 22.8 Å². The lowest BCUT2D eigenvalue weighted by Gasteiger charge is -2.31. The highest BCUT2D eigenvalue weighted by atomic mass is 35.5. The third kappa shape index (κ3) is 11.5. The summed E-state index contributed by atoms with van der Waals surface area (Å²) in [5, 5.41) is 5.40. The Morgan fingerprint density at radius 1 is 0.655 bits per heavy atom. The van der Waals surface area contributed by atoms with Crippen LogP contribution in [0.3, 0.4) is 0 Å². The second-order valence-electron chi connectivity index (χ2n) is 17.8. The second-order valence-corrected chi connectivity index (χ2v) is 18.2. The highest BCUT2D eigenvalue weighted by molar-refractivity contribution is 6.34. The molecule has 2 aliphatic heterocycles. The van der Waals surface area contributed by atoms with Crippen LogP contribution in [0.4, 0.5) is 35.9 Å². The van der Waals surface area contributed by atoms with Crippen LogP contribution in [0.5, 0.6) is 0 Å². The molecule has 298 valence electrons. The van der Waals surface area contributed by atoms with Gasteiger partial charge in [0.25, 0.3) is 0 Å². The maximum Gasteiger partial charge on any atom is 0.418 e. The van der Waals surface area contributed by atoms with Crippen molar-refractivity contribution in [3.05, 3.63) is 92.8 Å². The van der Waals surface area contributed by atoms with Crippen molar-refractivity contribution in [3.63, 3.8) is 0 Å². The number of hydrogen-bond acceptors (Lipinski definition) is 4. The van der Waals surface area contributed by atoms with Crippen molar-refractivity contribution in [2.45, 2.75) is 126 Å². The van der Waals surface area contributed by atoms with E-state index in [1.165, 1.54) is 47.7 Å². The summed E-state index contributed by atoms with van der Waals surface area (Å²) in [5.41, 5.74) is 8.70. The van der Waals surface area contributed by atoms with Crippen LogP contribution in [-0.2, 0) is 15.8 Å². The van der Waals surface area contributed by atoms with Gasteiger partial charge in [-0.15, -0.1) is 0 Å². The lowest BCUT2D eigenvalue weighted by Crippen LogP contribution is -2.26. The summed E-state index contributed by atoms with van der Waals surface area (Å²) < 4.78 is 41.3. The van der Waals surface area contributed by atoms with Crippen molar-refractivity contribution >= 4 is 46.2 Å². The van der Waals surface area contributed by atoms with Crippen molar-refractivity contribution in [2.75, 3.05) is 33.5 Å². The van der Waals surface area contributed by atoms with Gasteiger partial charge in [-0.05, 0) is 134 Å². The van der Waals surface area contributed by atoms with Gasteiger partial charge in [0.05, 0.1) is 16.3 Å². The van der Waals surface area contributed by atoms with Crippen LogP contribution in [0.25, 0.3) is 0 Å². The molecule has 0 radical (unpaired) electrons. The van der Waals surface area contributed by atoms with E-state index in [0.717, 1.165) is 61.5 Å². The molecule has 0 saturated heterocycles. The Morgan fingerprint density at radius 2 is 1.09 bits per heavy atom. The summed E-state index contributed by atoms with van der Waals surface area (Å²) in [6, 6.07) is 6.98. The van der Waals surface area contributed by atoms with Crippen LogP contribution in [-0.4, -0.2) is 24.9 Å². The summed E-state index contributed by atoms with van der Waals surface area (Å²) >= 11 is 6.24. The van der Waals surface area contributed by atoms with Gasteiger partial charge in [0.15, 0.2) is 0 Å². The molecule has 2 aromatic carbocycles. The zero-order chi connectivity index (χ0) is 40.3. The maximum absolute atomic E-state index is 13.8. The molecule has 2 aliphatic carbocycles. The third-order valence-electron chi connectivity index (χ3n) is 10.2. The number of fused-ring (bicyclic) bond motifs is 2. The first-order valence-electron chi connectivity index (χ1n) is 19.6. The molecule has 6 nitrogen and oxygen atoms in total. The highest BCUT2D eigenvalue weighted by Crippen LogP contribution is 2.43. The summed E-state index contributed by atoms with van der Waals surface area (Å²) in [7, 11) is 0. The number of carbonyl (C=O) groups is 2. The molecular formula is C45H58ClF3N4O2. The molecule has 2 aromatic rings. The average molecular weight is 779 g/mol. The Hall–Kier alpha value is -3.98. The number of carbonyl (C=O) groups excluding carboxylic acids is 2. The molecular weight excluding hydrogens is 721 g/mol. The van der Waals surface area contributed by atoms with E-state index >= 15 is 0 Å². The molecule has 2 N–H and O–H groups in total. The van der Waals surface area contributed by atoms with Gasteiger partial charge in [0.2, 0.25) is 11.8 Å². The molecule has 55 heavy (non-hydrogen) atoms. The molecule has 0 saturated carbocycles. The first-order chi connectivity index (χ1) is 25.7. The van der Waals surface area contributed by atoms with Gasteiger partial charge >= 0.3 is 6.18 Å². The van der Waals surface area contributed by atoms with Gasteiger partial charge in [-0.3, -0.25) is 9.59 Å². The summed E-state index contributed by atoms with van der Waals surface area (Å²) in [4.78, 5) is 28.8. The molecule has 2 amide bonds. The number of benzene rings is 2. The number of allylic oxidation sites excluding steroid dienone is 4. The first-order valence-corrected chi connectivity index (χ1v) is 20.0. The summed E-state index contributed by atoms with van der Waals surface area (Å²) in [6.45, 7) is 17.6. The van der Waals surface area contributed by atoms with Crippen molar-refractivity contribution in [2.24, 2.45) is 10.8 Å². The average Bonchev–Trinajstić information content (AvgIpc) is 3.08. The van der Waals surface area contributed by atoms with E-state index in [1.54, 1.807) is 5.57 Å². The number of nitrogens with one attached hydrogen (secondary N) is 2. The Bertz CT molecular complexity index is 1890. The Balaban J connectivity index is 0.000000212. The van der Waals surface area contributed by atoms with E-state index in [1.807, 2.05) is 31.9 Å². The molecule has 0 unspecified atom stereocenters. The molecule has 0 atom stereocenters. The lowest BCUT2D eigenvalue weighted by molar-refractivity contribution is -0.137. The predicted molar refractivity (Wildman–Crippen MR) is 222 cm³/mol. The zero-order valence-corrected chi connectivity index (χ0v) is 34.6. The number of amides is 2. The van der Waals surface area contributed by atoms with E-state index in [2.05, 4.69) is 80.6 Å². The topological polar surface area (TPSA) is 64.7 Å². The molecule has 0 bridgehead atoms. The minimum atomic E-state index is -4.64. The zero-order valence-electron chi connectivity index (χ0n) is 33.8.